The number of nitrogens with zero attached hydrogens (tertiary/aromatic N) is 1. The molecule has 0 amide bonds. The monoisotopic (exact) mass is 232 g/mol. The van der Waals surface area contributed by atoms with Crippen molar-refractivity contribution in [2.24, 2.45) is 0 Å². The number of nitrogens with one attached hydrogen (secondary N) is 1. The maximum absolute atomic E-state index is 12.1. The van der Waals surface area contributed by atoms with Gasteiger partial charge in [0.2, 0.25) is 0 Å². The minimum atomic E-state index is -4.06. The Morgan fingerprint density at radius 3 is 2.57 bits per heavy atom. The molecule has 1 atom stereocenters. The van der Waals surface area contributed by atoms with Crippen LogP contribution in [0.15, 0.2) is 0 Å². The van der Waals surface area contributed by atoms with Gasteiger partial charge in [0.05, 0.1) is 6.54 Å². The molecule has 1 rings (SSSR count). The van der Waals surface area contributed by atoms with Crippen molar-refractivity contribution in [1.29, 1.82) is 0 Å². The lowest BCUT2D eigenvalue weighted by atomic mass is 10.1. The molecular formula is C8H16ClF3N2. The highest BCUT2D eigenvalue weighted by Gasteiger charge is 2.34. The summed E-state index contributed by atoms with van der Waals surface area (Å²) in [4.78, 5) is 1.51. The molecule has 1 N–H and O–H groups in total. The fourth-order valence-corrected chi connectivity index (χ4v) is 1.64. The van der Waals surface area contributed by atoms with Crippen LogP contribution in [0.5, 0.6) is 0 Å². The van der Waals surface area contributed by atoms with Gasteiger partial charge < -0.3 is 5.32 Å². The Morgan fingerprint density at radius 2 is 2.07 bits per heavy atom. The lowest BCUT2D eigenvalue weighted by Gasteiger charge is -2.35. The van der Waals surface area contributed by atoms with E-state index in [0.717, 1.165) is 6.42 Å². The van der Waals surface area contributed by atoms with E-state index in [-0.39, 0.29) is 18.4 Å². The van der Waals surface area contributed by atoms with Crippen molar-refractivity contribution < 1.29 is 13.2 Å². The van der Waals surface area contributed by atoms with Gasteiger partial charge in [-0.15, -0.1) is 12.4 Å². The molecule has 1 saturated heterocycles. The van der Waals surface area contributed by atoms with Crippen LogP contribution in [0.25, 0.3) is 0 Å². The minimum Gasteiger partial charge on any atom is -0.314 e. The second kappa shape index (κ2) is 5.78. The first kappa shape index (κ1) is 14.0. The number of rotatable bonds is 2. The quantitative estimate of drug-likeness (QED) is 0.779. The van der Waals surface area contributed by atoms with Crippen LogP contribution in [0.3, 0.4) is 0 Å². The standard InChI is InChI=1S/C8H15F3N2.ClH/c1-2-7-5-12-3-4-13(7)6-8(9,10)11;/h7,12H,2-6H2,1H3;1H/t7-;/m1./s1. The summed E-state index contributed by atoms with van der Waals surface area (Å²) in [5.74, 6) is 0. The third-order valence-electron chi connectivity index (χ3n) is 2.33. The molecule has 1 fully saturated rings. The molecule has 86 valence electrons. The Balaban J connectivity index is 0.00000169. The highest BCUT2D eigenvalue weighted by atomic mass is 35.5. The van der Waals surface area contributed by atoms with Crippen molar-refractivity contribution in [3.8, 4) is 0 Å². The predicted molar refractivity (Wildman–Crippen MR) is 51.8 cm³/mol. The van der Waals surface area contributed by atoms with Crippen LogP contribution in [-0.2, 0) is 0 Å². The molecule has 1 aliphatic rings. The van der Waals surface area contributed by atoms with Crippen LogP contribution in [0, 0.1) is 0 Å². The fourth-order valence-electron chi connectivity index (χ4n) is 1.64. The second-order valence-corrected chi connectivity index (χ2v) is 3.35. The van der Waals surface area contributed by atoms with Crippen molar-refractivity contribution in [3.05, 3.63) is 0 Å². The Kier molecular flexibility index (Phi) is 5.78. The van der Waals surface area contributed by atoms with E-state index < -0.39 is 12.7 Å². The molecule has 1 aliphatic heterocycles. The summed E-state index contributed by atoms with van der Waals surface area (Å²) >= 11 is 0. The van der Waals surface area contributed by atoms with Gasteiger partial charge in [-0.3, -0.25) is 4.90 Å². The van der Waals surface area contributed by atoms with E-state index in [4.69, 9.17) is 0 Å². The molecule has 6 heteroatoms. The van der Waals surface area contributed by atoms with Crippen molar-refractivity contribution in [2.45, 2.75) is 25.6 Å². The molecule has 0 saturated carbocycles. The van der Waals surface area contributed by atoms with Crippen LogP contribution >= 0.6 is 12.4 Å². The third kappa shape index (κ3) is 4.48. The number of hydrogen-bond donors (Lipinski definition) is 1. The first-order valence-corrected chi connectivity index (χ1v) is 4.54. The highest BCUT2D eigenvalue weighted by Crippen LogP contribution is 2.19. The molecule has 0 bridgehead atoms. The lowest BCUT2D eigenvalue weighted by Crippen LogP contribution is -2.53. The molecule has 0 aromatic rings. The maximum Gasteiger partial charge on any atom is 0.401 e. The Morgan fingerprint density at radius 1 is 1.43 bits per heavy atom. The van der Waals surface area contributed by atoms with E-state index in [1.807, 2.05) is 6.92 Å². The molecule has 1 heterocycles. The SMILES string of the molecule is CC[C@@H]1CNCCN1CC(F)(F)F.Cl. The number of halogens is 4. The van der Waals surface area contributed by atoms with Gasteiger partial charge in [-0.2, -0.15) is 13.2 Å². The highest BCUT2D eigenvalue weighted by molar-refractivity contribution is 5.85. The van der Waals surface area contributed by atoms with Gasteiger partial charge in [0.1, 0.15) is 0 Å². The zero-order chi connectivity index (χ0) is 9.90. The van der Waals surface area contributed by atoms with Crippen molar-refractivity contribution >= 4 is 12.4 Å². The molecule has 0 unspecified atom stereocenters. The van der Waals surface area contributed by atoms with Gasteiger partial charge in [-0.05, 0) is 6.42 Å². The summed E-state index contributed by atoms with van der Waals surface area (Å²) in [5, 5.41) is 3.09. The molecule has 0 aliphatic carbocycles. The van der Waals surface area contributed by atoms with Crippen LogP contribution in [0.4, 0.5) is 13.2 Å². The van der Waals surface area contributed by atoms with Gasteiger partial charge >= 0.3 is 6.18 Å². The summed E-state index contributed by atoms with van der Waals surface area (Å²) in [6.45, 7) is 2.98. The topological polar surface area (TPSA) is 15.3 Å². The summed E-state index contributed by atoms with van der Waals surface area (Å²) in [6, 6.07) is 0.0374. The predicted octanol–water partition coefficient (Wildman–Crippen LogP) is 1.65. The van der Waals surface area contributed by atoms with Crippen molar-refractivity contribution in [1.82, 2.24) is 10.2 Å². The molecule has 0 radical (unpaired) electrons. The largest absolute Gasteiger partial charge is 0.401 e. The zero-order valence-electron chi connectivity index (χ0n) is 8.10. The molecule has 0 aromatic carbocycles. The average molecular weight is 233 g/mol. The molecule has 2 nitrogen and oxygen atoms in total. The summed E-state index contributed by atoms with van der Waals surface area (Å²) in [7, 11) is 0. The van der Waals surface area contributed by atoms with E-state index in [2.05, 4.69) is 5.32 Å². The Labute approximate surface area is 88.2 Å². The first-order valence-electron chi connectivity index (χ1n) is 4.54. The minimum absolute atomic E-state index is 0. The third-order valence-corrected chi connectivity index (χ3v) is 2.33. The Bertz CT molecular complexity index is 163. The van der Waals surface area contributed by atoms with E-state index >= 15 is 0 Å². The number of hydrogen-bond acceptors (Lipinski definition) is 2. The van der Waals surface area contributed by atoms with Crippen molar-refractivity contribution in [2.75, 3.05) is 26.2 Å². The normalized spacial score (nSPS) is 24.4. The summed E-state index contributed by atoms with van der Waals surface area (Å²) in [6.07, 6.45) is -3.30. The second-order valence-electron chi connectivity index (χ2n) is 3.35. The number of piperazine rings is 1. The molecule has 14 heavy (non-hydrogen) atoms. The van der Waals surface area contributed by atoms with Gasteiger partial charge in [-0.1, -0.05) is 6.92 Å². The van der Waals surface area contributed by atoms with Crippen LogP contribution < -0.4 is 5.32 Å². The van der Waals surface area contributed by atoms with Crippen LogP contribution in [0.2, 0.25) is 0 Å². The van der Waals surface area contributed by atoms with E-state index in [0.29, 0.717) is 19.6 Å². The maximum atomic E-state index is 12.1. The molecular weight excluding hydrogens is 217 g/mol. The van der Waals surface area contributed by atoms with Crippen LogP contribution in [0.1, 0.15) is 13.3 Å². The first-order chi connectivity index (χ1) is 6.03. The van der Waals surface area contributed by atoms with Crippen molar-refractivity contribution in [3.63, 3.8) is 0 Å². The van der Waals surface area contributed by atoms with Gasteiger partial charge in [-0.25, -0.2) is 0 Å². The van der Waals surface area contributed by atoms with Gasteiger partial charge in [0.25, 0.3) is 0 Å². The van der Waals surface area contributed by atoms with E-state index in [1.165, 1.54) is 4.90 Å². The van der Waals surface area contributed by atoms with E-state index in [9.17, 15) is 13.2 Å². The van der Waals surface area contributed by atoms with Gasteiger partial charge in [0.15, 0.2) is 0 Å². The smallest absolute Gasteiger partial charge is 0.314 e. The molecule has 0 spiro atoms. The number of alkyl halides is 3. The Hall–Kier alpha value is -0.0000000000000000555. The van der Waals surface area contributed by atoms with Gasteiger partial charge in [0, 0.05) is 25.7 Å². The fraction of sp³-hybridized carbons (Fsp3) is 1.00. The van der Waals surface area contributed by atoms with E-state index in [1.54, 1.807) is 0 Å². The molecule has 0 aromatic heterocycles. The average Bonchev–Trinajstić information content (AvgIpc) is 2.02. The summed E-state index contributed by atoms with van der Waals surface area (Å²) in [5.41, 5.74) is 0. The van der Waals surface area contributed by atoms with Crippen LogP contribution in [-0.4, -0.2) is 43.3 Å². The lowest BCUT2D eigenvalue weighted by molar-refractivity contribution is -0.152. The summed E-state index contributed by atoms with van der Waals surface area (Å²) < 4.78 is 36.3. The zero-order valence-corrected chi connectivity index (χ0v) is 8.92.